The maximum Gasteiger partial charge on any atom is 0.274 e. The van der Waals surface area contributed by atoms with Crippen molar-refractivity contribution in [1.29, 1.82) is 0 Å². The minimum atomic E-state index is -3.65. The van der Waals surface area contributed by atoms with E-state index in [4.69, 9.17) is 16.7 Å². The third kappa shape index (κ3) is 3.61. The van der Waals surface area contributed by atoms with E-state index in [0.29, 0.717) is 4.34 Å². The van der Waals surface area contributed by atoms with Crippen LogP contribution >= 0.6 is 22.9 Å². The van der Waals surface area contributed by atoms with Gasteiger partial charge in [0.1, 0.15) is 0 Å². The van der Waals surface area contributed by atoms with Crippen LogP contribution in [0, 0.1) is 0 Å². The van der Waals surface area contributed by atoms with Crippen LogP contribution in [-0.4, -0.2) is 8.42 Å². The monoisotopic (exact) mass is 240 g/mol. The third-order valence-electron chi connectivity index (χ3n) is 1.36. The van der Waals surface area contributed by atoms with Gasteiger partial charge >= 0.3 is 0 Å². The quantitative estimate of drug-likeness (QED) is 0.835. The predicted molar refractivity (Wildman–Crippen MR) is 54.0 cm³/mol. The predicted octanol–water partition coefficient (Wildman–Crippen LogP) is 1.26. The van der Waals surface area contributed by atoms with Crippen molar-refractivity contribution in [2.24, 2.45) is 5.14 Å². The molecule has 1 heterocycles. The Balaban J connectivity index is 2.75. The minimum Gasteiger partial charge on any atom is -0.216 e. The van der Waals surface area contributed by atoms with Gasteiger partial charge in [-0.15, -0.1) is 11.3 Å². The number of nitrogens with one attached hydrogen (secondary N) is 1. The molecule has 1 aromatic rings. The zero-order chi connectivity index (χ0) is 10.1. The van der Waals surface area contributed by atoms with Crippen molar-refractivity contribution >= 4 is 33.1 Å². The fraction of sp³-hybridized carbons (Fsp3) is 0.333. The summed E-state index contributed by atoms with van der Waals surface area (Å²) in [6.07, 6.45) is 0. The highest BCUT2D eigenvalue weighted by Gasteiger charge is 2.12. The van der Waals surface area contributed by atoms with Crippen LogP contribution in [0.2, 0.25) is 4.34 Å². The van der Waals surface area contributed by atoms with E-state index >= 15 is 0 Å². The molecule has 0 saturated heterocycles. The van der Waals surface area contributed by atoms with Crippen LogP contribution in [0.4, 0.5) is 0 Å². The van der Waals surface area contributed by atoms with Gasteiger partial charge in [0, 0.05) is 4.88 Å². The van der Waals surface area contributed by atoms with Crippen molar-refractivity contribution in [1.82, 2.24) is 4.72 Å². The summed E-state index contributed by atoms with van der Waals surface area (Å²) in [5.41, 5.74) is 0. The highest BCUT2D eigenvalue weighted by Crippen LogP contribution is 2.26. The fourth-order valence-corrected chi connectivity index (χ4v) is 2.62. The second kappa shape index (κ2) is 3.93. The number of hydrogen-bond donors (Lipinski definition) is 2. The number of rotatable bonds is 3. The van der Waals surface area contributed by atoms with Crippen molar-refractivity contribution in [3.05, 3.63) is 21.3 Å². The Morgan fingerprint density at radius 1 is 1.62 bits per heavy atom. The normalized spacial score (nSPS) is 14.4. The van der Waals surface area contributed by atoms with Gasteiger partial charge in [0.2, 0.25) is 0 Å². The molecular weight excluding hydrogens is 232 g/mol. The number of halogens is 1. The Labute approximate surface area is 85.9 Å². The first-order chi connectivity index (χ1) is 5.88. The molecule has 0 aliphatic rings. The van der Waals surface area contributed by atoms with Crippen LogP contribution in [0.25, 0.3) is 0 Å². The second-order valence-corrected chi connectivity index (χ2v) is 5.60. The van der Waals surface area contributed by atoms with E-state index in [9.17, 15) is 8.42 Å². The zero-order valence-corrected chi connectivity index (χ0v) is 9.21. The minimum absolute atomic E-state index is 0.340. The molecule has 3 N–H and O–H groups in total. The lowest BCUT2D eigenvalue weighted by molar-refractivity contribution is 0.570. The molecule has 1 rings (SSSR count). The van der Waals surface area contributed by atoms with Gasteiger partial charge in [-0.25, -0.2) is 5.14 Å². The van der Waals surface area contributed by atoms with Gasteiger partial charge in [0.05, 0.1) is 10.4 Å². The molecule has 0 aliphatic carbocycles. The van der Waals surface area contributed by atoms with E-state index in [2.05, 4.69) is 4.72 Å². The van der Waals surface area contributed by atoms with Gasteiger partial charge in [-0.05, 0) is 19.1 Å². The Morgan fingerprint density at radius 2 is 2.23 bits per heavy atom. The second-order valence-electron chi connectivity index (χ2n) is 2.53. The Kier molecular flexibility index (Phi) is 3.31. The van der Waals surface area contributed by atoms with Gasteiger partial charge in [0.25, 0.3) is 10.2 Å². The highest BCUT2D eigenvalue weighted by molar-refractivity contribution is 7.87. The first-order valence-electron chi connectivity index (χ1n) is 3.44. The zero-order valence-electron chi connectivity index (χ0n) is 6.82. The third-order valence-corrected chi connectivity index (χ3v) is 3.46. The molecule has 0 radical (unpaired) electrons. The molecule has 1 atom stereocenters. The van der Waals surface area contributed by atoms with Crippen LogP contribution in [0.5, 0.6) is 0 Å². The average molecular weight is 241 g/mol. The lowest BCUT2D eigenvalue weighted by Gasteiger charge is -2.08. The van der Waals surface area contributed by atoms with Crippen LogP contribution in [-0.2, 0) is 10.2 Å². The molecule has 0 aliphatic heterocycles. The van der Waals surface area contributed by atoms with Crippen LogP contribution in [0.15, 0.2) is 12.1 Å². The first kappa shape index (κ1) is 10.9. The smallest absolute Gasteiger partial charge is 0.216 e. The molecule has 0 bridgehead atoms. The molecule has 4 nitrogen and oxygen atoms in total. The van der Waals surface area contributed by atoms with Crippen molar-refractivity contribution < 1.29 is 8.42 Å². The summed E-state index contributed by atoms with van der Waals surface area (Å²) in [7, 11) is -3.65. The van der Waals surface area contributed by atoms with Gasteiger partial charge in [-0.1, -0.05) is 11.6 Å². The maximum atomic E-state index is 10.7. The van der Waals surface area contributed by atoms with E-state index in [0.717, 1.165) is 4.88 Å². The maximum absolute atomic E-state index is 10.7. The molecule has 0 aromatic carbocycles. The van der Waals surface area contributed by atoms with E-state index in [1.54, 1.807) is 19.1 Å². The molecule has 74 valence electrons. The highest BCUT2D eigenvalue weighted by atomic mass is 35.5. The summed E-state index contributed by atoms with van der Waals surface area (Å²) in [5.74, 6) is 0. The van der Waals surface area contributed by atoms with E-state index in [1.165, 1.54) is 11.3 Å². The SMILES string of the molecule is CC(NS(N)(=O)=O)c1ccc(Cl)s1. The molecule has 0 amide bonds. The summed E-state index contributed by atoms with van der Waals surface area (Å²) in [6, 6.07) is 3.13. The van der Waals surface area contributed by atoms with Crippen LogP contribution < -0.4 is 9.86 Å². The Hall–Kier alpha value is -0.140. The topological polar surface area (TPSA) is 72.2 Å². The summed E-state index contributed by atoms with van der Waals surface area (Å²) in [4.78, 5) is 0.832. The summed E-state index contributed by atoms with van der Waals surface area (Å²) in [5, 5.41) is 4.81. The van der Waals surface area contributed by atoms with Crippen molar-refractivity contribution in [2.75, 3.05) is 0 Å². The van der Waals surface area contributed by atoms with Crippen LogP contribution in [0.1, 0.15) is 17.8 Å². The average Bonchev–Trinajstić information content (AvgIpc) is 2.31. The summed E-state index contributed by atoms with van der Waals surface area (Å²) >= 11 is 7.01. The van der Waals surface area contributed by atoms with Gasteiger partial charge in [-0.2, -0.15) is 13.1 Å². The fourth-order valence-electron chi connectivity index (χ4n) is 0.865. The number of hydrogen-bond acceptors (Lipinski definition) is 3. The van der Waals surface area contributed by atoms with E-state index in [1.807, 2.05) is 0 Å². The standard InChI is InChI=1S/C6H9ClN2O2S2/c1-4(9-13(8,10)11)5-2-3-6(7)12-5/h2-4,9H,1H3,(H2,8,10,11). The molecule has 0 saturated carbocycles. The molecule has 0 fully saturated rings. The number of nitrogens with two attached hydrogens (primary N) is 1. The Bertz CT molecular complexity index is 387. The first-order valence-corrected chi connectivity index (χ1v) is 6.18. The molecule has 7 heteroatoms. The molecule has 1 aromatic heterocycles. The molecule has 13 heavy (non-hydrogen) atoms. The summed E-state index contributed by atoms with van der Waals surface area (Å²) < 4.78 is 24.2. The summed E-state index contributed by atoms with van der Waals surface area (Å²) in [6.45, 7) is 1.70. The van der Waals surface area contributed by atoms with Gasteiger partial charge < -0.3 is 0 Å². The van der Waals surface area contributed by atoms with Gasteiger partial charge in [0.15, 0.2) is 0 Å². The van der Waals surface area contributed by atoms with Gasteiger partial charge in [-0.3, -0.25) is 0 Å². The molecule has 1 unspecified atom stereocenters. The molecular formula is C6H9ClN2O2S2. The van der Waals surface area contributed by atoms with E-state index < -0.39 is 10.2 Å². The lowest BCUT2D eigenvalue weighted by Crippen LogP contribution is -2.32. The van der Waals surface area contributed by atoms with Crippen molar-refractivity contribution in [3.63, 3.8) is 0 Å². The largest absolute Gasteiger partial charge is 0.274 e. The van der Waals surface area contributed by atoms with Crippen molar-refractivity contribution in [2.45, 2.75) is 13.0 Å². The number of thiophene rings is 1. The van der Waals surface area contributed by atoms with Crippen molar-refractivity contribution in [3.8, 4) is 0 Å². The molecule has 0 spiro atoms. The Morgan fingerprint density at radius 3 is 2.62 bits per heavy atom. The van der Waals surface area contributed by atoms with Crippen LogP contribution in [0.3, 0.4) is 0 Å². The van der Waals surface area contributed by atoms with E-state index in [-0.39, 0.29) is 6.04 Å². The lowest BCUT2D eigenvalue weighted by atomic mass is 10.3.